The average molecular weight is 202 g/mol. The molecule has 4 N–H and O–H groups in total. The van der Waals surface area contributed by atoms with E-state index in [1.165, 1.54) is 0 Å². The van der Waals surface area contributed by atoms with E-state index in [0.717, 1.165) is 0 Å². The van der Waals surface area contributed by atoms with E-state index in [-0.39, 0.29) is 39.0 Å². The monoisotopic (exact) mass is 201 g/mol. The van der Waals surface area contributed by atoms with Crippen molar-refractivity contribution in [2.45, 2.75) is 0 Å². The maximum Gasteiger partial charge on any atom is 0.503 e. The van der Waals surface area contributed by atoms with Gasteiger partial charge >= 0.3 is 6.16 Å². The van der Waals surface area contributed by atoms with Crippen LogP contribution in [0.2, 0.25) is 0 Å². The summed E-state index contributed by atoms with van der Waals surface area (Å²) in [5, 5.41) is 13.9. The van der Waals surface area contributed by atoms with Crippen molar-refractivity contribution in [1.82, 2.24) is 0 Å². The van der Waals surface area contributed by atoms with Gasteiger partial charge < -0.3 is 15.7 Å². The SMILES string of the molecule is O.O=C(O)O.[Cu].[Ni]. The van der Waals surface area contributed by atoms with Gasteiger partial charge in [-0.1, -0.05) is 0 Å². The molecule has 0 aromatic rings. The number of rotatable bonds is 0. The van der Waals surface area contributed by atoms with E-state index in [9.17, 15) is 0 Å². The third-order valence-corrected chi connectivity index (χ3v) is 0. The fourth-order valence-corrected chi connectivity index (χ4v) is 0. The summed E-state index contributed by atoms with van der Waals surface area (Å²) >= 11 is 0. The fourth-order valence-electron chi connectivity index (χ4n) is 0. The van der Waals surface area contributed by atoms with E-state index >= 15 is 0 Å². The Labute approximate surface area is 60.6 Å². The Morgan fingerprint density at radius 3 is 1.29 bits per heavy atom. The van der Waals surface area contributed by atoms with E-state index < -0.39 is 6.16 Å². The van der Waals surface area contributed by atoms with Crippen molar-refractivity contribution in [3.8, 4) is 0 Å². The predicted molar refractivity (Wildman–Crippen MR) is 14.3 cm³/mol. The maximum atomic E-state index is 8.56. The normalized spacial score (nSPS) is 3.43. The minimum atomic E-state index is -1.83. The zero-order valence-corrected chi connectivity index (χ0v) is 4.85. The molecule has 0 saturated heterocycles. The molecule has 6 heteroatoms. The molecule has 0 aromatic carbocycles. The molecule has 0 aliphatic rings. The second-order valence-electron chi connectivity index (χ2n) is 0.283. The quantitative estimate of drug-likeness (QED) is 0.514. The summed E-state index contributed by atoms with van der Waals surface area (Å²) in [4.78, 5) is 8.56. The summed E-state index contributed by atoms with van der Waals surface area (Å²) in [6, 6.07) is 0. The van der Waals surface area contributed by atoms with Crippen molar-refractivity contribution in [3.05, 3.63) is 0 Å². The van der Waals surface area contributed by atoms with Gasteiger partial charge in [-0.3, -0.25) is 0 Å². The molecular formula is CH4CuNiO4. The van der Waals surface area contributed by atoms with Crippen molar-refractivity contribution in [3.63, 3.8) is 0 Å². The average Bonchev–Trinajstić information content (AvgIpc) is 0.811. The summed E-state index contributed by atoms with van der Waals surface area (Å²) in [5.41, 5.74) is 0. The Kier molecular flexibility index (Phi) is 62.6. The molecule has 0 atom stereocenters. The molecule has 0 saturated carbocycles. The molecule has 4 nitrogen and oxygen atoms in total. The number of carbonyl (C=O) groups is 1. The molecule has 0 unspecified atom stereocenters. The van der Waals surface area contributed by atoms with E-state index in [0.29, 0.717) is 0 Å². The van der Waals surface area contributed by atoms with Crippen molar-refractivity contribution in [1.29, 1.82) is 0 Å². The van der Waals surface area contributed by atoms with Gasteiger partial charge in [0, 0.05) is 33.6 Å². The van der Waals surface area contributed by atoms with Crippen LogP contribution in [-0.2, 0) is 33.6 Å². The minimum Gasteiger partial charge on any atom is -0.450 e. The van der Waals surface area contributed by atoms with Gasteiger partial charge in [0.05, 0.1) is 0 Å². The van der Waals surface area contributed by atoms with Crippen LogP contribution in [0.25, 0.3) is 0 Å². The van der Waals surface area contributed by atoms with Gasteiger partial charge in [-0.05, 0) is 0 Å². The van der Waals surface area contributed by atoms with Crippen LogP contribution in [0, 0.1) is 0 Å². The molecule has 0 aliphatic heterocycles. The molecule has 7 heavy (non-hydrogen) atoms. The smallest absolute Gasteiger partial charge is 0.450 e. The summed E-state index contributed by atoms with van der Waals surface area (Å²) in [7, 11) is 0. The Morgan fingerprint density at radius 2 is 1.29 bits per heavy atom. The third kappa shape index (κ3) is 1900. The van der Waals surface area contributed by atoms with Crippen molar-refractivity contribution >= 4 is 6.16 Å². The summed E-state index contributed by atoms with van der Waals surface area (Å²) in [6.07, 6.45) is -1.83. The number of carboxylic acid groups (broad SMARTS) is 2. The first kappa shape index (κ1) is 26.8. The molecule has 0 spiro atoms. The first-order valence-corrected chi connectivity index (χ1v) is 0.651. The second-order valence-corrected chi connectivity index (χ2v) is 0.283. The largest absolute Gasteiger partial charge is 0.503 e. The van der Waals surface area contributed by atoms with Crippen LogP contribution in [0.4, 0.5) is 4.79 Å². The van der Waals surface area contributed by atoms with Crippen molar-refractivity contribution in [2.75, 3.05) is 0 Å². The molecule has 0 bridgehead atoms. The Balaban J connectivity index is -0.0000000150. The summed E-state index contributed by atoms with van der Waals surface area (Å²) in [6.45, 7) is 0. The molecule has 53 valence electrons. The molecule has 0 rings (SSSR count). The standard InChI is InChI=1S/CH2O3.Cu.Ni.H2O/c2-1(3)4;;;/h(H2,2,3,4);;;1H2. The topological polar surface area (TPSA) is 89.0 Å². The number of hydrogen-bond acceptors (Lipinski definition) is 1. The third-order valence-electron chi connectivity index (χ3n) is 0. The Morgan fingerprint density at radius 1 is 1.29 bits per heavy atom. The minimum absolute atomic E-state index is 0. The van der Waals surface area contributed by atoms with Gasteiger partial charge in [-0.2, -0.15) is 0 Å². The summed E-state index contributed by atoms with van der Waals surface area (Å²) in [5.74, 6) is 0. The second kappa shape index (κ2) is 16.3. The van der Waals surface area contributed by atoms with Gasteiger partial charge in [0.25, 0.3) is 0 Å². The van der Waals surface area contributed by atoms with Gasteiger partial charge in [-0.15, -0.1) is 0 Å². The van der Waals surface area contributed by atoms with Gasteiger partial charge in [-0.25, -0.2) is 4.79 Å². The van der Waals surface area contributed by atoms with E-state index in [2.05, 4.69) is 0 Å². The van der Waals surface area contributed by atoms with Gasteiger partial charge in [0.2, 0.25) is 0 Å². The summed E-state index contributed by atoms with van der Waals surface area (Å²) < 4.78 is 0. The predicted octanol–water partition coefficient (Wildman–Crippen LogP) is -0.607. The number of hydrogen-bond donors (Lipinski definition) is 2. The molecule has 0 heterocycles. The van der Waals surface area contributed by atoms with Crippen LogP contribution in [-0.4, -0.2) is 21.8 Å². The zero-order chi connectivity index (χ0) is 3.58. The van der Waals surface area contributed by atoms with Crippen LogP contribution >= 0.6 is 0 Å². The molecule has 1 radical (unpaired) electrons. The van der Waals surface area contributed by atoms with Crippen molar-refractivity contribution in [2.24, 2.45) is 0 Å². The van der Waals surface area contributed by atoms with Crippen LogP contribution in [0.15, 0.2) is 0 Å². The first-order chi connectivity index (χ1) is 1.73. The van der Waals surface area contributed by atoms with Crippen LogP contribution in [0.3, 0.4) is 0 Å². The molecule has 0 fully saturated rings. The Hall–Kier alpha value is 0.243. The maximum absolute atomic E-state index is 8.56. The molecular weight excluding hydrogens is 198 g/mol. The van der Waals surface area contributed by atoms with Crippen LogP contribution in [0.5, 0.6) is 0 Å². The molecule has 0 amide bonds. The van der Waals surface area contributed by atoms with Gasteiger partial charge in [0.1, 0.15) is 0 Å². The van der Waals surface area contributed by atoms with Gasteiger partial charge in [0.15, 0.2) is 0 Å². The van der Waals surface area contributed by atoms with E-state index in [1.54, 1.807) is 0 Å². The van der Waals surface area contributed by atoms with Crippen molar-refractivity contribution < 1.29 is 54.0 Å². The van der Waals surface area contributed by atoms with E-state index in [1.807, 2.05) is 0 Å². The Bertz CT molecular complexity index is 34.7. The fraction of sp³-hybridized carbons (Fsp3) is 0. The molecule has 0 aromatic heterocycles. The van der Waals surface area contributed by atoms with E-state index in [4.69, 9.17) is 15.0 Å². The first-order valence-electron chi connectivity index (χ1n) is 0.651. The van der Waals surface area contributed by atoms with Crippen LogP contribution < -0.4 is 0 Å². The molecule has 0 aliphatic carbocycles. The zero-order valence-electron chi connectivity index (χ0n) is 2.92. The van der Waals surface area contributed by atoms with Crippen LogP contribution in [0.1, 0.15) is 0 Å².